The van der Waals surface area contributed by atoms with Crippen molar-refractivity contribution in [3.05, 3.63) is 47.8 Å². The van der Waals surface area contributed by atoms with E-state index in [1.165, 1.54) is 11.4 Å². The standard InChI is InChI=1S/C16H17BrN2O/c1-11-6-7-12(2)19(11)15-5-3-4-14(9-15)18-10-13(17)8-16(18)20/h3-7,9,13H,8,10H2,1-2H3. The fourth-order valence-electron chi connectivity index (χ4n) is 2.79. The van der Waals surface area contributed by atoms with Gasteiger partial charge in [-0.05, 0) is 44.2 Å². The number of aromatic nitrogens is 1. The normalized spacial score (nSPS) is 18.9. The lowest BCUT2D eigenvalue weighted by molar-refractivity contribution is -0.117. The van der Waals surface area contributed by atoms with E-state index in [1.807, 2.05) is 17.0 Å². The van der Waals surface area contributed by atoms with Gasteiger partial charge < -0.3 is 9.47 Å². The number of nitrogens with zero attached hydrogens (tertiary/aromatic N) is 2. The highest BCUT2D eigenvalue weighted by Crippen LogP contribution is 2.27. The average molecular weight is 333 g/mol. The van der Waals surface area contributed by atoms with Gasteiger partial charge in [-0.1, -0.05) is 22.0 Å². The molecular weight excluding hydrogens is 316 g/mol. The van der Waals surface area contributed by atoms with Crippen LogP contribution in [0.5, 0.6) is 0 Å². The van der Waals surface area contributed by atoms with Crippen LogP contribution < -0.4 is 4.90 Å². The molecule has 0 radical (unpaired) electrons. The van der Waals surface area contributed by atoms with Crippen molar-refractivity contribution in [1.82, 2.24) is 4.57 Å². The summed E-state index contributed by atoms with van der Waals surface area (Å²) in [5.74, 6) is 0.185. The van der Waals surface area contributed by atoms with E-state index >= 15 is 0 Å². The van der Waals surface area contributed by atoms with Gasteiger partial charge in [-0.2, -0.15) is 0 Å². The van der Waals surface area contributed by atoms with Crippen molar-refractivity contribution in [3.63, 3.8) is 0 Å². The van der Waals surface area contributed by atoms with Crippen molar-refractivity contribution in [2.45, 2.75) is 25.1 Å². The van der Waals surface area contributed by atoms with Gasteiger partial charge in [-0.3, -0.25) is 4.79 Å². The van der Waals surface area contributed by atoms with Crippen LogP contribution in [0.3, 0.4) is 0 Å². The SMILES string of the molecule is Cc1ccc(C)n1-c1cccc(N2CC(Br)CC2=O)c1. The lowest BCUT2D eigenvalue weighted by Crippen LogP contribution is -2.24. The number of anilines is 1. The molecule has 0 spiro atoms. The molecule has 1 saturated heterocycles. The molecule has 2 heterocycles. The average Bonchev–Trinajstić information content (AvgIpc) is 2.92. The molecular formula is C16H17BrN2O. The summed E-state index contributed by atoms with van der Waals surface area (Å²) in [7, 11) is 0. The minimum absolute atomic E-state index is 0.185. The number of rotatable bonds is 2. The third kappa shape index (κ3) is 2.29. The Bertz CT molecular complexity index is 643. The van der Waals surface area contributed by atoms with E-state index < -0.39 is 0 Å². The van der Waals surface area contributed by atoms with Crippen molar-refractivity contribution in [2.75, 3.05) is 11.4 Å². The van der Waals surface area contributed by atoms with Crippen LogP contribution in [-0.2, 0) is 4.79 Å². The summed E-state index contributed by atoms with van der Waals surface area (Å²) < 4.78 is 2.20. The maximum atomic E-state index is 12.0. The Morgan fingerprint density at radius 1 is 1.10 bits per heavy atom. The third-order valence-corrected chi connectivity index (χ3v) is 4.36. The highest BCUT2D eigenvalue weighted by molar-refractivity contribution is 9.09. The number of halogens is 1. The van der Waals surface area contributed by atoms with Crippen molar-refractivity contribution in [1.29, 1.82) is 0 Å². The zero-order valence-corrected chi connectivity index (χ0v) is 13.2. The first-order valence-electron chi connectivity index (χ1n) is 6.76. The van der Waals surface area contributed by atoms with E-state index in [0.717, 1.165) is 17.9 Å². The molecule has 1 atom stereocenters. The fourth-order valence-corrected chi connectivity index (χ4v) is 3.36. The Hall–Kier alpha value is -1.55. The molecule has 2 aromatic rings. The van der Waals surface area contributed by atoms with E-state index in [4.69, 9.17) is 0 Å². The van der Waals surface area contributed by atoms with Gasteiger partial charge in [0.2, 0.25) is 5.91 Å². The van der Waals surface area contributed by atoms with Crippen LogP contribution in [0, 0.1) is 13.8 Å². The molecule has 1 amide bonds. The molecule has 4 heteroatoms. The van der Waals surface area contributed by atoms with E-state index in [2.05, 4.69) is 58.6 Å². The Morgan fingerprint density at radius 2 is 1.75 bits per heavy atom. The second kappa shape index (κ2) is 5.09. The lowest BCUT2D eigenvalue weighted by atomic mass is 10.2. The van der Waals surface area contributed by atoms with Gasteiger partial charge in [-0.15, -0.1) is 0 Å². The largest absolute Gasteiger partial charge is 0.318 e. The minimum Gasteiger partial charge on any atom is -0.318 e. The maximum absolute atomic E-state index is 12.0. The van der Waals surface area contributed by atoms with Crippen LogP contribution in [0.2, 0.25) is 0 Å². The molecule has 0 aliphatic carbocycles. The molecule has 0 N–H and O–H groups in total. The van der Waals surface area contributed by atoms with Gasteiger partial charge in [0.15, 0.2) is 0 Å². The smallest absolute Gasteiger partial charge is 0.228 e. The van der Waals surface area contributed by atoms with Crippen LogP contribution in [0.1, 0.15) is 17.8 Å². The number of carbonyl (C=O) groups excluding carboxylic acids is 1. The number of carbonyl (C=O) groups is 1. The number of aryl methyl sites for hydroxylation is 2. The van der Waals surface area contributed by atoms with Crippen molar-refractivity contribution in [2.24, 2.45) is 0 Å². The monoisotopic (exact) mass is 332 g/mol. The quantitative estimate of drug-likeness (QED) is 0.771. The number of alkyl halides is 1. The summed E-state index contributed by atoms with van der Waals surface area (Å²) in [5, 5.41) is 0. The Balaban J connectivity index is 2.00. The highest BCUT2D eigenvalue weighted by Gasteiger charge is 2.28. The van der Waals surface area contributed by atoms with E-state index in [9.17, 15) is 4.79 Å². The molecule has 0 bridgehead atoms. The molecule has 1 aliphatic rings. The molecule has 1 fully saturated rings. The van der Waals surface area contributed by atoms with Gasteiger partial charge in [-0.25, -0.2) is 0 Å². The molecule has 20 heavy (non-hydrogen) atoms. The van der Waals surface area contributed by atoms with E-state index in [-0.39, 0.29) is 10.7 Å². The zero-order valence-electron chi connectivity index (χ0n) is 11.6. The molecule has 104 valence electrons. The predicted octanol–water partition coefficient (Wildman–Crippen LogP) is 3.59. The van der Waals surface area contributed by atoms with E-state index in [1.54, 1.807) is 0 Å². The summed E-state index contributed by atoms with van der Waals surface area (Å²) in [4.78, 5) is 14.1. The summed E-state index contributed by atoms with van der Waals surface area (Å²) in [6.45, 7) is 4.93. The maximum Gasteiger partial charge on any atom is 0.228 e. The number of benzene rings is 1. The Morgan fingerprint density at radius 3 is 2.35 bits per heavy atom. The van der Waals surface area contributed by atoms with Crippen molar-refractivity contribution < 1.29 is 4.79 Å². The van der Waals surface area contributed by atoms with Crippen LogP contribution in [0.4, 0.5) is 5.69 Å². The highest BCUT2D eigenvalue weighted by atomic mass is 79.9. The molecule has 3 rings (SSSR count). The first-order chi connectivity index (χ1) is 9.56. The topological polar surface area (TPSA) is 25.2 Å². The van der Waals surface area contributed by atoms with Gasteiger partial charge in [0.25, 0.3) is 0 Å². The lowest BCUT2D eigenvalue weighted by Gasteiger charge is -2.18. The molecule has 1 aliphatic heterocycles. The molecule has 3 nitrogen and oxygen atoms in total. The van der Waals surface area contributed by atoms with Gasteiger partial charge >= 0.3 is 0 Å². The number of hydrogen-bond acceptors (Lipinski definition) is 1. The van der Waals surface area contributed by atoms with Crippen LogP contribution in [0.25, 0.3) is 5.69 Å². The van der Waals surface area contributed by atoms with Crippen LogP contribution >= 0.6 is 15.9 Å². The number of hydrogen-bond donors (Lipinski definition) is 0. The second-order valence-corrected chi connectivity index (χ2v) is 6.57. The van der Waals surface area contributed by atoms with Crippen molar-refractivity contribution in [3.8, 4) is 5.69 Å². The first kappa shape index (κ1) is 13.4. The molecule has 1 aromatic carbocycles. The first-order valence-corrected chi connectivity index (χ1v) is 7.67. The summed E-state index contributed by atoms with van der Waals surface area (Å²) in [6, 6.07) is 12.4. The minimum atomic E-state index is 0.185. The Kier molecular flexibility index (Phi) is 3.42. The summed E-state index contributed by atoms with van der Waals surface area (Å²) in [5.41, 5.74) is 4.48. The van der Waals surface area contributed by atoms with Crippen LogP contribution in [-0.4, -0.2) is 21.8 Å². The predicted molar refractivity (Wildman–Crippen MR) is 84.9 cm³/mol. The van der Waals surface area contributed by atoms with E-state index in [0.29, 0.717) is 6.42 Å². The fraction of sp³-hybridized carbons (Fsp3) is 0.312. The van der Waals surface area contributed by atoms with Crippen molar-refractivity contribution >= 4 is 27.5 Å². The Labute approximate surface area is 127 Å². The number of amides is 1. The zero-order chi connectivity index (χ0) is 14.3. The summed E-state index contributed by atoms with van der Waals surface area (Å²) in [6.07, 6.45) is 0.575. The van der Waals surface area contributed by atoms with Gasteiger partial charge in [0, 0.05) is 40.6 Å². The summed E-state index contributed by atoms with van der Waals surface area (Å²) >= 11 is 3.53. The third-order valence-electron chi connectivity index (χ3n) is 3.75. The second-order valence-electron chi connectivity index (χ2n) is 5.28. The van der Waals surface area contributed by atoms with Crippen LogP contribution in [0.15, 0.2) is 36.4 Å². The van der Waals surface area contributed by atoms with Gasteiger partial charge in [0.1, 0.15) is 0 Å². The molecule has 1 aromatic heterocycles. The van der Waals surface area contributed by atoms with Gasteiger partial charge in [0.05, 0.1) is 0 Å². The molecule has 1 unspecified atom stereocenters. The molecule has 0 saturated carbocycles.